The second-order valence-corrected chi connectivity index (χ2v) is 4.81. The molecule has 1 unspecified atom stereocenters. The van der Waals surface area contributed by atoms with E-state index in [0.717, 1.165) is 4.72 Å². The van der Waals surface area contributed by atoms with Gasteiger partial charge in [0, 0.05) is 0 Å². The number of rotatable bonds is 6. The molecule has 96 valence electrons. The summed E-state index contributed by atoms with van der Waals surface area (Å²) in [5.74, 6) is -1.62. The van der Waals surface area contributed by atoms with Crippen LogP contribution in [0.1, 0.15) is 26.2 Å². The minimum atomic E-state index is -5.60. The highest BCUT2D eigenvalue weighted by atomic mass is 32.2. The monoisotopic (exact) mass is 263 g/mol. The maximum Gasteiger partial charge on any atom is 0.511 e. The normalized spacial score (nSPS) is 14.8. The molecular weight excluding hydrogens is 251 g/mol. The molecule has 0 amide bonds. The Labute approximate surface area is 90.7 Å². The predicted octanol–water partition coefficient (Wildman–Crippen LogP) is 1.07. The molecule has 0 fully saturated rings. The van der Waals surface area contributed by atoms with E-state index in [1.807, 2.05) is 0 Å². The number of nitrogens with one attached hydrogen (secondary N) is 1. The van der Waals surface area contributed by atoms with Gasteiger partial charge >= 0.3 is 21.5 Å². The zero-order chi connectivity index (χ0) is 13.0. The molecule has 0 saturated carbocycles. The number of aliphatic carboxylic acids is 1. The van der Waals surface area contributed by atoms with Crippen molar-refractivity contribution in [1.82, 2.24) is 4.72 Å². The Morgan fingerprint density at radius 2 is 1.94 bits per heavy atom. The lowest BCUT2D eigenvalue weighted by Crippen LogP contribution is -2.46. The van der Waals surface area contributed by atoms with Crippen molar-refractivity contribution in [1.29, 1.82) is 0 Å². The van der Waals surface area contributed by atoms with E-state index in [1.165, 1.54) is 0 Å². The van der Waals surface area contributed by atoms with Gasteiger partial charge in [-0.05, 0) is 6.42 Å². The lowest BCUT2D eigenvalue weighted by atomic mass is 10.1. The van der Waals surface area contributed by atoms with E-state index in [2.05, 4.69) is 0 Å². The van der Waals surface area contributed by atoms with Gasteiger partial charge < -0.3 is 5.11 Å². The Morgan fingerprint density at radius 3 is 2.25 bits per heavy atom. The molecule has 0 aliphatic carbocycles. The number of unbranched alkanes of at least 4 members (excludes halogenated alkanes) is 1. The van der Waals surface area contributed by atoms with Gasteiger partial charge in [-0.25, -0.2) is 8.42 Å². The number of carboxylic acid groups (broad SMARTS) is 1. The Balaban J connectivity index is 4.71. The van der Waals surface area contributed by atoms with Crippen molar-refractivity contribution in [2.24, 2.45) is 0 Å². The van der Waals surface area contributed by atoms with Crippen LogP contribution in [0, 0.1) is 0 Å². The summed E-state index contributed by atoms with van der Waals surface area (Å²) in [5, 5.41) is 8.53. The standard InChI is InChI=1S/C7H12F3NO4S/c1-2-3-4-5(6(12)13)11-16(14,15)7(8,9)10/h5,11H,2-4H2,1H3,(H,12,13). The second kappa shape index (κ2) is 5.48. The van der Waals surface area contributed by atoms with Crippen LogP contribution < -0.4 is 4.72 Å². The fourth-order valence-corrected chi connectivity index (χ4v) is 1.62. The van der Waals surface area contributed by atoms with Gasteiger partial charge in [-0.3, -0.25) is 4.79 Å². The molecular formula is C7H12F3NO4S. The lowest BCUT2D eigenvalue weighted by Gasteiger charge is -2.15. The lowest BCUT2D eigenvalue weighted by molar-refractivity contribution is -0.139. The van der Waals surface area contributed by atoms with Crippen molar-refractivity contribution in [2.45, 2.75) is 37.7 Å². The molecule has 0 aliphatic heterocycles. The van der Waals surface area contributed by atoms with Crippen LogP contribution in [-0.2, 0) is 14.8 Å². The average molecular weight is 263 g/mol. The van der Waals surface area contributed by atoms with Gasteiger partial charge in [0.05, 0.1) is 0 Å². The molecule has 0 aromatic rings. The molecule has 0 radical (unpaired) electrons. The first-order chi connectivity index (χ1) is 7.12. The fraction of sp³-hybridized carbons (Fsp3) is 0.857. The second-order valence-electron chi connectivity index (χ2n) is 3.10. The van der Waals surface area contributed by atoms with E-state index in [4.69, 9.17) is 5.11 Å². The summed E-state index contributed by atoms with van der Waals surface area (Å²) < 4.78 is 58.2. The Morgan fingerprint density at radius 1 is 1.44 bits per heavy atom. The SMILES string of the molecule is CCCCC(NS(=O)(=O)C(F)(F)F)C(=O)O. The molecule has 0 aromatic heterocycles. The van der Waals surface area contributed by atoms with Crippen molar-refractivity contribution in [3.05, 3.63) is 0 Å². The van der Waals surface area contributed by atoms with Gasteiger partial charge in [-0.2, -0.15) is 17.9 Å². The first-order valence-corrected chi connectivity index (χ1v) is 5.91. The van der Waals surface area contributed by atoms with Crippen LogP contribution in [0.25, 0.3) is 0 Å². The maximum absolute atomic E-state index is 11.9. The highest BCUT2D eigenvalue weighted by molar-refractivity contribution is 7.90. The third kappa shape index (κ3) is 4.35. The van der Waals surface area contributed by atoms with E-state index < -0.39 is 27.5 Å². The number of carbonyl (C=O) groups is 1. The topological polar surface area (TPSA) is 83.5 Å². The first kappa shape index (κ1) is 15.2. The zero-order valence-corrected chi connectivity index (χ0v) is 9.23. The summed E-state index contributed by atoms with van der Waals surface area (Å²) in [7, 11) is -5.60. The number of hydrogen-bond acceptors (Lipinski definition) is 3. The summed E-state index contributed by atoms with van der Waals surface area (Å²) >= 11 is 0. The largest absolute Gasteiger partial charge is 0.511 e. The highest BCUT2D eigenvalue weighted by Crippen LogP contribution is 2.22. The Hall–Kier alpha value is -0.830. The van der Waals surface area contributed by atoms with Crippen LogP contribution in [0.2, 0.25) is 0 Å². The van der Waals surface area contributed by atoms with Gasteiger partial charge in [0.15, 0.2) is 0 Å². The van der Waals surface area contributed by atoms with Crippen molar-refractivity contribution in [2.75, 3.05) is 0 Å². The van der Waals surface area contributed by atoms with Crippen LogP contribution in [0.4, 0.5) is 13.2 Å². The third-order valence-electron chi connectivity index (χ3n) is 1.75. The predicted molar refractivity (Wildman–Crippen MR) is 49.1 cm³/mol. The van der Waals surface area contributed by atoms with E-state index in [9.17, 15) is 26.4 Å². The summed E-state index contributed by atoms with van der Waals surface area (Å²) in [6.07, 6.45) is 0.690. The van der Waals surface area contributed by atoms with Gasteiger partial charge in [-0.15, -0.1) is 0 Å². The van der Waals surface area contributed by atoms with E-state index in [0.29, 0.717) is 12.8 Å². The van der Waals surface area contributed by atoms with Crippen molar-refractivity contribution in [3.8, 4) is 0 Å². The number of hydrogen-bond donors (Lipinski definition) is 2. The van der Waals surface area contributed by atoms with Crippen LogP contribution in [0.15, 0.2) is 0 Å². The van der Waals surface area contributed by atoms with E-state index in [-0.39, 0.29) is 6.42 Å². The first-order valence-electron chi connectivity index (χ1n) is 4.43. The molecule has 0 aliphatic rings. The van der Waals surface area contributed by atoms with Crippen LogP contribution in [0.5, 0.6) is 0 Å². The van der Waals surface area contributed by atoms with Crippen LogP contribution in [-0.4, -0.2) is 31.0 Å². The van der Waals surface area contributed by atoms with Gasteiger partial charge in [-0.1, -0.05) is 19.8 Å². The molecule has 5 nitrogen and oxygen atoms in total. The summed E-state index contributed by atoms with van der Waals surface area (Å²) in [5.41, 5.74) is -5.49. The number of carboxylic acids is 1. The molecule has 0 bridgehead atoms. The average Bonchev–Trinajstić information content (AvgIpc) is 2.09. The number of halogens is 3. The minimum Gasteiger partial charge on any atom is -0.480 e. The maximum atomic E-state index is 11.9. The Kier molecular flexibility index (Phi) is 5.20. The van der Waals surface area contributed by atoms with E-state index in [1.54, 1.807) is 6.92 Å². The summed E-state index contributed by atoms with van der Waals surface area (Å²) in [4.78, 5) is 10.5. The van der Waals surface area contributed by atoms with Crippen molar-refractivity contribution < 1.29 is 31.5 Å². The van der Waals surface area contributed by atoms with Crippen molar-refractivity contribution >= 4 is 16.0 Å². The molecule has 0 spiro atoms. The summed E-state index contributed by atoms with van der Waals surface area (Å²) in [6, 6.07) is -1.74. The van der Waals surface area contributed by atoms with Gasteiger partial charge in [0.1, 0.15) is 6.04 Å². The number of alkyl halides is 3. The molecule has 9 heteroatoms. The smallest absolute Gasteiger partial charge is 0.480 e. The molecule has 0 saturated heterocycles. The van der Waals surface area contributed by atoms with Crippen LogP contribution in [0.3, 0.4) is 0 Å². The molecule has 0 aromatic carbocycles. The van der Waals surface area contributed by atoms with Crippen LogP contribution >= 0.6 is 0 Å². The summed E-state index contributed by atoms with van der Waals surface area (Å²) in [6.45, 7) is 1.71. The van der Waals surface area contributed by atoms with E-state index >= 15 is 0 Å². The van der Waals surface area contributed by atoms with Gasteiger partial charge in [0.2, 0.25) is 0 Å². The molecule has 0 heterocycles. The zero-order valence-electron chi connectivity index (χ0n) is 8.41. The highest BCUT2D eigenvalue weighted by Gasteiger charge is 2.47. The molecule has 0 rings (SSSR count). The fourth-order valence-electron chi connectivity index (χ4n) is 0.895. The van der Waals surface area contributed by atoms with Crippen molar-refractivity contribution in [3.63, 3.8) is 0 Å². The van der Waals surface area contributed by atoms with Gasteiger partial charge in [0.25, 0.3) is 0 Å². The quantitative estimate of drug-likeness (QED) is 0.750. The third-order valence-corrected chi connectivity index (χ3v) is 2.95. The molecule has 2 N–H and O–H groups in total. The molecule has 1 atom stereocenters. The molecule has 16 heavy (non-hydrogen) atoms. The minimum absolute atomic E-state index is 0.179. The Bertz CT molecular complexity index is 338. The number of sulfonamides is 1.